The molecule has 0 spiro atoms. The molecule has 0 fully saturated rings. The smallest absolute Gasteiger partial charge is 0.331 e. The van der Waals surface area contributed by atoms with Crippen LogP contribution in [-0.2, 0) is 4.79 Å². The predicted molar refractivity (Wildman–Crippen MR) is 67.0 cm³/mol. The molecule has 1 aromatic rings. The maximum Gasteiger partial charge on any atom is 0.331 e. The zero-order valence-corrected chi connectivity index (χ0v) is 10.8. The van der Waals surface area contributed by atoms with Gasteiger partial charge in [0.1, 0.15) is 0 Å². The Hall–Kier alpha value is -1.00. The van der Waals surface area contributed by atoms with Gasteiger partial charge >= 0.3 is 5.97 Å². The molecule has 1 atom stereocenters. The third kappa shape index (κ3) is 3.00. The van der Waals surface area contributed by atoms with Gasteiger partial charge < -0.3 is 5.11 Å². The summed E-state index contributed by atoms with van der Waals surface area (Å²) in [6.07, 6.45) is 0. The summed E-state index contributed by atoms with van der Waals surface area (Å²) in [6.45, 7) is 6.06. The first-order valence-electron chi connectivity index (χ1n) is 5.10. The van der Waals surface area contributed by atoms with Gasteiger partial charge in [-0.05, 0) is 38.9 Å². The van der Waals surface area contributed by atoms with E-state index in [1.165, 1.54) is 17.3 Å². The molecule has 2 N–H and O–H groups in total. The fraction of sp³-hybridized carbons (Fsp3) is 0.417. The Kier molecular flexibility index (Phi) is 4.38. The van der Waals surface area contributed by atoms with E-state index in [2.05, 4.69) is 17.4 Å². The highest BCUT2D eigenvalue weighted by atomic mass is 32.2. The summed E-state index contributed by atoms with van der Waals surface area (Å²) >= 11 is 1.35. The van der Waals surface area contributed by atoms with Gasteiger partial charge in [0.2, 0.25) is 0 Å². The van der Waals surface area contributed by atoms with Crippen LogP contribution in [0.4, 0.5) is 0 Å². The molecule has 0 aromatic heterocycles. The van der Waals surface area contributed by atoms with E-state index in [0.29, 0.717) is 0 Å². The molecule has 0 aliphatic heterocycles. The zero-order valence-electron chi connectivity index (χ0n) is 10.00. The Morgan fingerprint density at radius 2 is 1.81 bits per heavy atom. The topological polar surface area (TPSA) is 49.3 Å². The first-order chi connectivity index (χ1) is 7.45. The predicted octanol–water partition coefficient (Wildman–Crippen LogP) is 2.33. The van der Waals surface area contributed by atoms with E-state index in [4.69, 9.17) is 5.11 Å². The Morgan fingerprint density at radius 3 is 2.19 bits per heavy atom. The van der Waals surface area contributed by atoms with Crippen LogP contribution in [-0.4, -0.2) is 23.5 Å². The quantitative estimate of drug-likeness (QED) is 0.625. The lowest BCUT2D eigenvalue weighted by Gasteiger charge is -2.15. The third-order valence-electron chi connectivity index (χ3n) is 2.33. The molecule has 1 unspecified atom stereocenters. The number of aliphatic carboxylic acids is 1. The molecule has 0 bridgehead atoms. The van der Waals surface area contributed by atoms with Crippen molar-refractivity contribution >= 4 is 17.7 Å². The first-order valence-corrected chi connectivity index (χ1v) is 5.98. The average molecular weight is 239 g/mol. The summed E-state index contributed by atoms with van der Waals surface area (Å²) in [5.41, 5.74) is 3.46. The molecule has 88 valence electrons. The van der Waals surface area contributed by atoms with Crippen molar-refractivity contribution in [2.24, 2.45) is 0 Å². The fourth-order valence-corrected chi connectivity index (χ4v) is 2.65. The van der Waals surface area contributed by atoms with Gasteiger partial charge in [-0.1, -0.05) is 29.5 Å². The Labute approximate surface area is 100 Å². The number of carboxylic acid groups (broad SMARTS) is 1. The molecule has 1 rings (SSSR count). The highest BCUT2D eigenvalue weighted by Crippen LogP contribution is 2.29. The Morgan fingerprint density at radius 1 is 1.31 bits per heavy atom. The van der Waals surface area contributed by atoms with Crippen LogP contribution in [0, 0.1) is 20.8 Å². The van der Waals surface area contributed by atoms with E-state index in [1.54, 1.807) is 7.05 Å². The van der Waals surface area contributed by atoms with Crippen molar-refractivity contribution in [1.82, 2.24) is 5.32 Å². The maximum atomic E-state index is 10.9. The Balaban J connectivity index is 3.01. The number of benzene rings is 1. The van der Waals surface area contributed by atoms with E-state index in [9.17, 15) is 4.79 Å². The summed E-state index contributed by atoms with van der Waals surface area (Å²) in [4.78, 5) is 12.0. The van der Waals surface area contributed by atoms with Gasteiger partial charge in [-0.3, -0.25) is 5.32 Å². The molecule has 4 heteroatoms. The monoisotopic (exact) mass is 239 g/mol. The zero-order chi connectivity index (χ0) is 12.3. The molecule has 0 aliphatic rings. The molecule has 0 saturated carbocycles. The van der Waals surface area contributed by atoms with Crippen molar-refractivity contribution < 1.29 is 9.90 Å². The second kappa shape index (κ2) is 5.37. The molecular formula is C12H17NO2S. The van der Waals surface area contributed by atoms with Crippen LogP contribution in [0.1, 0.15) is 16.7 Å². The lowest BCUT2D eigenvalue weighted by atomic mass is 10.1. The van der Waals surface area contributed by atoms with Gasteiger partial charge in [-0.25, -0.2) is 4.79 Å². The molecule has 0 aliphatic carbocycles. The number of thioether (sulfide) groups is 1. The fourth-order valence-electron chi connectivity index (χ4n) is 1.70. The second-order valence-corrected chi connectivity index (χ2v) is 4.97. The van der Waals surface area contributed by atoms with Crippen molar-refractivity contribution in [2.75, 3.05) is 7.05 Å². The van der Waals surface area contributed by atoms with Crippen LogP contribution in [0.5, 0.6) is 0 Å². The number of nitrogens with one attached hydrogen (secondary N) is 1. The number of rotatable bonds is 4. The van der Waals surface area contributed by atoms with E-state index in [1.807, 2.05) is 20.8 Å². The third-order valence-corrected chi connectivity index (χ3v) is 3.88. The molecule has 16 heavy (non-hydrogen) atoms. The molecule has 0 saturated heterocycles. The maximum absolute atomic E-state index is 10.9. The number of carboxylic acids is 1. The second-order valence-electron chi connectivity index (χ2n) is 3.85. The number of aryl methyl sites for hydroxylation is 3. The lowest BCUT2D eigenvalue weighted by molar-refractivity contribution is -0.136. The SMILES string of the molecule is CNC(Sc1c(C)cc(C)cc1C)C(=O)O. The normalized spacial score (nSPS) is 12.5. The number of hydrogen-bond donors (Lipinski definition) is 2. The van der Waals surface area contributed by atoms with Gasteiger partial charge in [0.15, 0.2) is 5.37 Å². The molecule has 0 amide bonds. The molecule has 0 radical (unpaired) electrons. The highest BCUT2D eigenvalue weighted by Gasteiger charge is 2.18. The van der Waals surface area contributed by atoms with E-state index >= 15 is 0 Å². The van der Waals surface area contributed by atoms with Crippen LogP contribution in [0.3, 0.4) is 0 Å². The number of hydrogen-bond acceptors (Lipinski definition) is 3. The van der Waals surface area contributed by atoms with E-state index < -0.39 is 11.3 Å². The van der Waals surface area contributed by atoms with Crippen molar-refractivity contribution in [3.05, 3.63) is 28.8 Å². The summed E-state index contributed by atoms with van der Waals surface area (Å²) in [6, 6.07) is 4.15. The van der Waals surface area contributed by atoms with Crippen molar-refractivity contribution in [3.63, 3.8) is 0 Å². The van der Waals surface area contributed by atoms with Gasteiger partial charge in [-0.2, -0.15) is 0 Å². The number of likely N-dealkylation sites (N-methyl/N-ethyl adjacent to an activating group) is 1. The minimum absolute atomic E-state index is 0.597. The lowest BCUT2D eigenvalue weighted by Crippen LogP contribution is -2.30. The van der Waals surface area contributed by atoms with E-state index in [0.717, 1.165) is 16.0 Å². The molecule has 0 heterocycles. The van der Waals surface area contributed by atoms with Gasteiger partial charge in [0, 0.05) is 4.90 Å². The first kappa shape index (κ1) is 13.1. The van der Waals surface area contributed by atoms with Crippen molar-refractivity contribution in [3.8, 4) is 0 Å². The number of carbonyl (C=O) groups is 1. The van der Waals surface area contributed by atoms with E-state index in [-0.39, 0.29) is 0 Å². The van der Waals surface area contributed by atoms with Gasteiger partial charge in [0.05, 0.1) is 0 Å². The highest BCUT2D eigenvalue weighted by molar-refractivity contribution is 8.00. The minimum Gasteiger partial charge on any atom is -0.479 e. The van der Waals surface area contributed by atoms with Crippen LogP contribution < -0.4 is 5.32 Å². The largest absolute Gasteiger partial charge is 0.479 e. The summed E-state index contributed by atoms with van der Waals surface area (Å²) < 4.78 is 0. The van der Waals surface area contributed by atoms with Crippen LogP contribution in [0.15, 0.2) is 17.0 Å². The summed E-state index contributed by atoms with van der Waals surface area (Å²) in [5.74, 6) is -0.841. The molecule has 1 aromatic carbocycles. The van der Waals surface area contributed by atoms with Crippen LogP contribution in [0.25, 0.3) is 0 Å². The standard InChI is InChI=1S/C12H17NO2S/c1-7-5-8(2)10(9(3)6-7)16-11(13-4)12(14)15/h5-6,11,13H,1-4H3,(H,14,15). The summed E-state index contributed by atoms with van der Waals surface area (Å²) in [7, 11) is 1.66. The van der Waals surface area contributed by atoms with Crippen molar-refractivity contribution in [2.45, 2.75) is 31.0 Å². The van der Waals surface area contributed by atoms with Crippen molar-refractivity contribution in [1.29, 1.82) is 0 Å². The Bertz CT molecular complexity index is 381. The van der Waals surface area contributed by atoms with Crippen LogP contribution in [0.2, 0.25) is 0 Å². The van der Waals surface area contributed by atoms with Gasteiger partial charge in [-0.15, -0.1) is 0 Å². The molecular weight excluding hydrogens is 222 g/mol. The summed E-state index contributed by atoms with van der Waals surface area (Å²) in [5, 5.41) is 11.2. The molecule has 3 nitrogen and oxygen atoms in total. The minimum atomic E-state index is -0.841. The average Bonchev–Trinajstić information content (AvgIpc) is 2.15. The van der Waals surface area contributed by atoms with Gasteiger partial charge in [0.25, 0.3) is 0 Å². The van der Waals surface area contributed by atoms with Crippen LogP contribution >= 0.6 is 11.8 Å².